The summed E-state index contributed by atoms with van der Waals surface area (Å²) in [5, 5.41) is 3.04. The molecule has 2 nitrogen and oxygen atoms in total. The maximum Gasteiger partial charge on any atom is 0.114 e. The number of aryl methyl sites for hydroxylation is 1. The molecule has 1 heterocycles. The van der Waals surface area contributed by atoms with Gasteiger partial charge in [-0.15, -0.1) is 0 Å². The second-order valence-electron chi connectivity index (χ2n) is 6.90. The fraction of sp³-hybridized carbons (Fsp3) is 0.0800. The molecule has 4 aromatic carbocycles. The van der Waals surface area contributed by atoms with Crippen LogP contribution in [0.3, 0.4) is 0 Å². The van der Waals surface area contributed by atoms with Crippen LogP contribution in [0.2, 0.25) is 5.02 Å². The van der Waals surface area contributed by atoms with Crippen molar-refractivity contribution in [3.63, 3.8) is 0 Å². The van der Waals surface area contributed by atoms with Crippen molar-refractivity contribution in [2.75, 3.05) is 0 Å². The predicted molar refractivity (Wildman–Crippen MR) is 118 cm³/mol. The Kier molecular flexibility index (Phi) is 4.14. The number of imidazole rings is 1. The summed E-state index contributed by atoms with van der Waals surface area (Å²) < 4.78 is 2.24. The Morgan fingerprint density at radius 1 is 0.821 bits per heavy atom. The summed E-state index contributed by atoms with van der Waals surface area (Å²) in [6, 6.07) is 29.3. The van der Waals surface area contributed by atoms with Gasteiger partial charge in [-0.2, -0.15) is 0 Å². The number of rotatable bonds is 3. The van der Waals surface area contributed by atoms with Crippen molar-refractivity contribution in [2.24, 2.45) is 0 Å². The molecular formula is C25H19ClN2. The Bertz CT molecular complexity index is 1300. The van der Waals surface area contributed by atoms with E-state index in [9.17, 15) is 0 Å². The van der Waals surface area contributed by atoms with Gasteiger partial charge in [0.15, 0.2) is 0 Å². The molecule has 0 bridgehead atoms. The minimum Gasteiger partial charge on any atom is -0.296 e. The van der Waals surface area contributed by atoms with Gasteiger partial charge < -0.3 is 0 Å². The minimum absolute atomic E-state index is 0.799. The van der Waals surface area contributed by atoms with E-state index in [-0.39, 0.29) is 0 Å². The van der Waals surface area contributed by atoms with Crippen molar-refractivity contribution in [3.05, 3.63) is 95.8 Å². The van der Waals surface area contributed by atoms with Crippen molar-refractivity contribution in [1.82, 2.24) is 9.55 Å². The van der Waals surface area contributed by atoms with Gasteiger partial charge in [-0.05, 0) is 35.2 Å². The lowest BCUT2D eigenvalue weighted by Crippen LogP contribution is -1.99. The molecule has 28 heavy (non-hydrogen) atoms. The molecule has 5 rings (SSSR count). The summed E-state index contributed by atoms with van der Waals surface area (Å²) in [6.45, 7) is 2.14. The highest BCUT2D eigenvalue weighted by molar-refractivity contribution is 6.38. The fourth-order valence-corrected chi connectivity index (χ4v) is 4.19. The fourth-order valence-electron chi connectivity index (χ4n) is 3.85. The molecule has 0 saturated heterocycles. The highest BCUT2D eigenvalue weighted by atomic mass is 35.5. The first-order valence-electron chi connectivity index (χ1n) is 9.50. The number of fused-ring (bicyclic) bond motifs is 2. The minimum atomic E-state index is 0.799. The quantitative estimate of drug-likeness (QED) is 0.326. The van der Waals surface area contributed by atoms with Crippen molar-refractivity contribution in [3.8, 4) is 16.8 Å². The van der Waals surface area contributed by atoms with E-state index in [2.05, 4.69) is 78.2 Å². The lowest BCUT2D eigenvalue weighted by Gasteiger charge is -2.11. The third-order valence-electron chi connectivity index (χ3n) is 5.25. The SMILES string of the molecule is CCc1nc2ccccc2n1-c1ccc(-c2ccc3ccccc3c2Cl)cc1. The molecule has 0 amide bonds. The van der Waals surface area contributed by atoms with Gasteiger partial charge in [-0.3, -0.25) is 4.57 Å². The predicted octanol–water partition coefficient (Wildman–Crippen LogP) is 7.06. The zero-order valence-electron chi connectivity index (χ0n) is 15.6. The molecule has 136 valence electrons. The number of para-hydroxylation sites is 2. The molecule has 0 spiro atoms. The average molecular weight is 383 g/mol. The summed E-state index contributed by atoms with van der Waals surface area (Å²) in [6.07, 6.45) is 0.882. The highest BCUT2D eigenvalue weighted by Gasteiger charge is 2.12. The van der Waals surface area contributed by atoms with Crippen molar-refractivity contribution < 1.29 is 0 Å². The van der Waals surface area contributed by atoms with E-state index in [4.69, 9.17) is 16.6 Å². The van der Waals surface area contributed by atoms with E-state index in [1.807, 2.05) is 18.2 Å². The third-order valence-corrected chi connectivity index (χ3v) is 5.65. The van der Waals surface area contributed by atoms with Crippen LogP contribution in [0.5, 0.6) is 0 Å². The van der Waals surface area contributed by atoms with Gasteiger partial charge in [0, 0.05) is 23.1 Å². The molecule has 3 heteroatoms. The van der Waals surface area contributed by atoms with Crippen LogP contribution in [0.25, 0.3) is 38.6 Å². The van der Waals surface area contributed by atoms with Crippen LogP contribution < -0.4 is 0 Å². The van der Waals surface area contributed by atoms with Crippen LogP contribution in [0.15, 0.2) is 84.9 Å². The number of hydrogen-bond donors (Lipinski definition) is 0. The Balaban J connectivity index is 1.62. The molecular weight excluding hydrogens is 364 g/mol. The molecule has 0 atom stereocenters. The molecule has 0 aliphatic heterocycles. The summed E-state index contributed by atoms with van der Waals surface area (Å²) in [5.74, 6) is 1.07. The molecule has 0 aliphatic rings. The Morgan fingerprint density at radius 2 is 1.57 bits per heavy atom. The summed E-state index contributed by atoms with van der Waals surface area (Å²) in [7, 11) is 0. The standard InChI is InChI=1S/C25H19ClN2/c1-2-24-27-22-9-5-6-10-23(22)28(24)19-14-11-18(12-15-19)21-16-13-17-7-3-4-8-20(17)25(21)26/h3-16H,2H2,1H3. The second-order valence-corrected chi connectivity index (χ2v) is 7.28. The maximum absolute atomic E-state index is 6.73. The number of nitrogens with zero attached hydrogens (tertiary/aromatic N) is 2. The lowest BCUT2D eigenvalue weighted by atomic mass is 10.0. The first-order valence-corrected chi connectivity index (χ1v) is 9.88. The van der Waals surface area contributed by atoms with Crippen molar-refractivity contribution in [1.29, 1.82) is 0 Å². The molecule has 0 radical (unpaired) electrons. The number of hydrogen-bond acceptors (Lipinski definition) is 1. The van der Waals surface area contributed by atoms with Crippen LogP contribution in [-0.4, -0.2) is 9.55 Å². The van der Waals surface area contributed by atoms with Gasteiger partial charge in [0.1, 0.15) is 5.82 Å². The topological polar surface area (TPSA) is 17.8 Å². The molecule has 1 aromatic heterocycles. The molecule has 0 fully saturated rings. The van der Waals surface area contributed by atoms with E-state index >= 15 is 0 Å². The lowest BCUT2D eigenvalue weighted by molar-refractivity contribution is 0.908. The maximum atomic E-state index is 6.73. The van der Waals surface area contributed by atoms with E-state index in [1.54, 1.807) is 0 Å². The van der Waals surface area contributed by atoms with E-state index < -0.39 is 0 Å². The number of halogens is 1. The number of benzene rings is 4. The van der Waals surface area contributed by atoms with Crippen LogP contribution in [-0.2, 0) is 6.42 Å². The summed E-state index contributed by atoms with van der Waals surface area (Å²) in [4.78, 5) is 4.78. The molecule has 0 saturated carbocycles. The van der Waals surface area contributed by atoms with Gasteiger partial charge >= 0.3 is 0 Å². The zero-order chi connectivity index (χ0) is 19.1. The molecule has 0 unspecified atom stereocenters. The first-order chi connectivity index (χ1) is 13.8. The normalized spacial score (nSPS) is 11.4. The highest BCUT2D eigenvalue weighted by Crippen LogP contribution is 2.35. The van der Waals surface area contributed by atoms with Crippen LogP contribution >= 0.6 is 11.6 Å². The van der Waals surface area contributed by atoms with Crippen LogP contribution in [0.4, 0.5) is 0 Å². The Hall–Kier alpha value is -3.10. The monoisotopic (exact) mass is 382 g/mol. The average Bonchev–Trinajstić information content (AvgIpc) is 3.13. The van der Waals surface area contributed by atoms with Gasteiger partial charge in [0.25, 0.3) is 0 Å². The van der Waals surface area contributed by atoms with E-state index in [0.717, 1.165) is 55.9 Å². The first kappa shape index (κ1) is 17.0. The third kappa shape index (κ3) is 2.69. The van der Waals surface area contributed by atoms with Gasteiger partial charge in [-0.1, -0.05) is 79.2 Å². The van der Waals surface area contributed by atoms with E-state index in [1.165, 1.54) is 0 Å². The molecule has 0 N–H and O–H groups in total. The smallest absolute Gasteiger partial charge is 0.114 e. The second kappa shape index (κ2) is 6.81. The summed E-state index contributed by atoms with van der Waals surface area (Å²) >= 11 is 6.73. The Labute approximate surface area is 169 Å². The van der Waals surface area contributed by atoms with Crippen molar-refractivity contribution in [2.45, 2.75) is 13.3 Å². The molecule has 5 aromatic rings. The van der Waals surface area contributed by atoms with Gasteiger partial charge in [0.05, 0.1) is 16.1 Å². The zero-order valence-corrected chi connectivity index (χ0v) is 16.3. The number of aromatic nitrogens is 2. The molecule has 0 aliphatic carbocycles. The summed E-state index contributed by atoms with van der Waals surface area (Å²) in [5.41, 5.74) is 5.45. The van der Waals surface area contributed by atoms with Gasteiger partial charge in [-0.25, -0.2) is 4.98 Å². The van der Waals surface area contributed by atoms with Crippen molar-refractivity contribution >= 4 is 33.4 Å². The van der Waals surface area contributed by atoms with Crippen LogP contribution in [0.1, 0.15) is 12.7 Å². The Morgan fingerprint density at radius 3 is 2.39 bits per heavy atom. The van der Waals surface area contributed by atoms with E-state index in [0.29, 0.717) is 0 Å². The van der Waals surface area contributed by atoms with Gasteiger partial charge in [0.2, 0.25) is 0 Å². The van der Waals surface area contributed by atoms with Crippen LogP contribution in [0, 0.1) is 0 Å². The largest absolute Gasteiger partial charge is 0.296 e.